The summed E-state index contributed by atoms with van der Waals surface area (Å²) in [5.74, 6) is 0. The third-order valence-corrected chi connectivity index (χ3v) is 2.90. The SMILES string of the molecule is CC12CCC(CC(N)C1)N2. The first-order valence-electron chi connectivity index (χ1n) is 4.21. The van der Waals surface area contributed by atoms with Gasteiger partial charge in [-0.1, -0.05) is 0 Å². The molecule has 0 spiro atoms. The molecule has 3 atom stereocenters. The second kappa shape index (κ2) is 1.95. The first-order valence-corrected chi connectivity index (χ1v) is 4.21. The van der Waals surface area contributed by atoms with Crippen molar-refractivity contribution in [3.8, 4) is 0 Å². The van der Waals surface area contributed by atoms with Gasteiger partial charge in [0, 0.05) is 17.6 Å². The van der Waals surface area contributed by atoms with Gasteiger partial charge in [0.1, 0.15) is 0 Å². The Morgan fingerprint density at radius 2 is 2.40 bits per heavy atom. The third-order valence-electron chi connectivity index (χ3n) is 2.90. The number of hydrogen-bond donors (Lipinski definition) is 2. The fourth-order valence-corrected chi connectivity index (χ4v) is 2.50. The quantitative estimate of drug-likeness (QED) is 0.517. The number of rotatable bonds is 0. The van der Waals surface area contributed by atoms with Crippen LogP contribution in [0, 0.1) is 0 Å². The Morgan fingerprint density at radius 3 is 3.10 bits per heavy atom. The Balaban J connectivity index is 2.13. The molecule has 0 amide bonds. The Bertz CT molecular complexity index is 146. The van der Waals surface area contributed by atoms with Gasteiger partial charge in [-0.25, -0.2) is 0 Å². The van der Waals surface area contributed by atoms with Crippen LogP contribution in [0.25, 0.3) is 0 Å². The van der Waals surface area contributed by atoms with Gasteiger partial charge in [0.25, 0.3) is 0 Å². The van der Waals surface area contributed by atoms with Crippen molar-refractivity contribution in [1.29, 1.82) is 0 Å². The molecule has 3 N–H and O–H groups in total. The van der Waals surface area contributed by atoms with Gasteiger partial charge in [-0.15, -0.1) is 0 Å². The molecular weight excluding hydrogens is 124 g/mol. The van der Waals surface area contributed by atoms with E-state index in [9.17, 15) is 0 Å². The van der Waals surface area contributed by atoms with Gasteiger partial charge in [-0.05, 0) is 32.6 Å². The Kier molecular flexibility index (Phi) is 1.29. The van der Waals surface area contributed by atoms with Crippen LogP contribution < -0.4 is 11.1 Å². The zero-order chi connectivity index (χ0) is 7.19. The van der Waals surface area contributed by atoms with E-state index in [0.717, 1.165) is 6.04 Å². The maximum absolute atomic E-state index is 5.90. The molecule has 2 rings (SSSR count). The molecule has 0 aromatic carbocycles. The molecule has 2 heterocycles. The van der Waals surface area contributed by atoms with E-state index in [2.05, 4.69) is 12.2 Å². The van der Waals surface area contributed by atoms with Crippen LogP contribution in [0.2, 0.25) is 0 Å². The second-order valence-corrected chi connectivity index (χ2v) is 4.14. The monoisotopic (exact) mass is 140 g/mol. The number of piperidine rings is 1. The normalized spacial score (nSPS) is 53.4. The summed E-state index contributed by atoms with van der Waals surface area (Å²) in [6.07, 6.45) is 5.02. The Morgan fingerprint density at radius 1 is 1.60 bits per heavy atom. The van der Waals surface area contributed by atoms with E-state index in [0.29, 0.717) is 11.6 Å². The minimum absolute atomic E-state index is 0.391. The molecule has 0 aromatic rings. The predicted molar refractivity (Wildman–Crippen MR) is 41.8 cm³/mol. The second-order valence-electron chi connectivity index (χ2n) is 4.14. The molecule has 2 nitrogen and oxygen atoms in total. The summed E-state index contributed by atoms with van der Waals surface area (Å²) >= 11 is 0. The highest BCUT2D eigenvalue weighted by Crippen LogP contribution is 2.34. The summed E-state index contributed by atoms with van der Waals surface area (Å²) in [7, 11) is 0. The van der Waals surface area contributed by atoms with Crippen LogP contribution >= 0.6 is 0 Å². The minimum Gasteiger partial charge on any atom is -0.328 e. The molecule has 2 bridgehead atoms. The molecule has 2 fully saturated rings. The van der Waals surface area contributed by atoms with Crippen molar-refractivity contribution in [3.05, 3.63) is 0 Å². The highest BCUT2D eigenvalue weighted by molar-refractivity contribution is 5.02. The summed E-state index contributed by atoms with van der Waals surface area (Å²) in [4.78, 5) is 0. The molecule has 0 aliphatic carbocycles. The standard InChI is InChI=1S/C8H16N2/c1-8-3-2-7(10-8)4-6(9)5-8/h6-7,10H,2-5,9H2,1H3. The van der Waals surface area contributed by atoms with Crippen molar-refractivity contribution < 1.29 is 0 Å². The predicted octanol–water partition coefficient (Wildman–Crippen LogP) is 0.618. The van der Waals surface area contributed by atoms with Crippen LogP contribution in [0.3, 0.4) is 0 Å². The smallest absolute Gasteiger partial charge is 0.0171 e. The van der Waals surface area contributed by atoms with E-state index in [1.54, 1.807) is 0 Å². The van der Waals surface area contributed by atoms with E-state index in [4.69, 9.17) is 5.73 Å². The summed E-state index contributed by atoms with van der Waals surface area (Å²) in [6.45, 7) is 2.30. The molecule has 0 saturated carbocycles. The highest BCUT2D eigenvalue weighted by Gasteiger charge is 2.40. The van der Waals surface area contributed by atoms with Crippen LogP contribution in [-0.2, 0) is 0 Å². The van der Waals surface area contributed by atoms with Crippen molar-refractivity contribution in [2.75, 3.05) is 0 Å². The van der Waals surface area contributed by atoms with E-state index in [1.165, 1.54) is 25.7 Å². The first kappa shape index (κ1) is 6.62. The molecule has 2 saturated heterocycles. The molecule has 3 unspecified atom stereocenters. The van der Waals surface area contributed by atoms with Gasteiger partial charge in [-0.3, -0.25) is 0 Å². The number of hydrogen-bond acceptors (Lipinski definition) is 2. The topological polar surface area (TPSA) is 38.0 Å². The number of nitrogens with one attached hydrogen (secondary N) is 1. The largest absolute Gasteiger partial charge is 0.328 e. The Labute approximate surface area is 62.2 Å². The Hall–Kier alpha value is -0.0800. The summed E-state index contributed by atoms with van der Waals surface area (Å²) in [6, 6.07) is 1.19. The van der Waals surface area contributed by atoms with Gasteiger partial charge >= 0.3 is 0 Å². The lowest BCUT2D eigenvalue weighted by Gasteiger charge is -2.34. The van der Waals surface area contributed by atoms with Crippen LogP contribution in [0.15, 0.2) is 0 Å². The maximum atomic E-state index is 5.90. The molecule has 2 aliphatic rings. The van der Waals surface area contributed by atoms with Gasteiger partial charge < -0.3 is 11.1 Å². The van der Waals surface area contributed by atoms with E-state index < -0.39 is 0 Å². The fraction of sp³-hybridized carbons (Fsp3) is 1.00. The van der Waals surface area contributed by atoms with Crippen LogP contribution in [0.1, 0.15) is 32.6 Å². The van der Waals surface area contributed by atoms with Crippen molar-refractivity contribution in [2.24, 2.45) is 5.73 Å². The lowest BCUT2D eigenvalue weighted by atomic mass is 9.90. The average molecular weight is 140 g/mol. The number of nitrogens with two attached hydrogens (primary N) is 1. The zero-order valence-electron chi connectivity index (χ0n) is 6.56. The van der Waals surface area contributed by atoms with Gasteiger partial charge in [-0.2, -0.15) is 0 Å². The first-order chi connectivity index (χ1) is 4.68. The van der Waals surface area contributed by atoms with Crippen molar-refractivity contribution in [2.45, 2.75) is 50.2 Å². The molecule has 58 valence electrons. The van der Waals surface area contributed by atoms with Crippen molar-refractivity contribution >= 4 is 0 Å². The number of fused-ring (bicyclic) bond motifs is 2. The van der Waals surface area contributed by atoms with E-state index in [1.807, 2.05) is 0 Å². The van der Waals surface area contributed by atoms with Crippen molar-refractivity contribution in [3.63, 3.8) is 0 Å². The summed E-state index contributed by atoms with van der Waals surface area (Å²) < 4.78 is 0. The maximum Gasteiger partial charge on any atom is 0.0171 e. The fourth-order valence-electron chi connectivity index (χ4n) is 2.50. The molecule has 2 heteroatoms. The molecule has 2 aliphatic heterocycles. The molecule has 0 aromatic heterocycles. The van der Waals surface area contributed by atoms with Crippen LogP contribution in [0.4, 0.5) is 0 Å². The van der Waals surface area contributed by atoms with Crippen LogP contribution in [-0.4, -0.2) is 17.6 Å². The van der Waals surface area contributed by atoms with E-state index >= 15 is 0 Å². The molecule has 0 radical (unpaired) electrons. The third kappa shape index (κ3) is 0.956. The van der Waals surface area contributed by atoms with Crippen molar-refractivity contribution in [1.82, 2.24) is 5.32 Å². The lowest BCUT2D eigenvalue weighted by Crippen LogP contribution is -2.51. The van der Waals surface area contributed by atoms with Gasteiger partial charge in [0.2, 0.25) is 0 Å². The average Bonchev–Trinajstić information content (AvgIpc) is 2.06. The molecule has 10 heavy (non-hydrogen) atoms. The summed E-state index contributed by atoms with van der Waals surface area (Å²) in [5, 5.41) is 3.62. The highest BCUT2D eigenvalue weighted by atomic mass is 15.1. The van der Waals surface area contributed by atoms with E-state index in [-0.39, 0.29) is 0 Å². The van der Waals surface area contributed by atoms with Gasteiger partial charge in [0.15, 0.2) is 0 Å². The molecular formula is C8H16N2. The van der Waals surface area contributed by atoms with Gasteiger partial charge in [0.05, 0.1) is 0 Å². The lowest BCUT2D eigenvalue weighted by molar-refractivity contribution is 0.272. The summed E-state index contributed by atoms with van der Waals surface area (Å²) in [5.41, 5.74) is 6.29. The zero-order valence-corrected chi connectivity index (χ0v) is 6.56. The minimum atomic E-state index is 0.391. The van der Waals surface area contributed by atoms with Crippen LogP contribution in [0.5, 0.6) is 0 Å².